The first-order valence-corrected chi connectivity index (χ1v) is 16.3. The van der Waals surface area contributed by atoms with Gasteiger partial charge in [0.15, 0.2) is 23.7 Å². The van der Waals surface area contributed by atoms with Crippen molar-refractivity contribution in [1.82, 2.24) is 15.8 Å². The Balaban J connectivity index is 0.896. The number of ether oxygens (including phenoxy) is 2. The number of nitrogens with zero attached hydrogens (tertiary/aromatic N) is 1. The Morgan fingerprint density at radius 3 is 2.35 bits per heavy atom. The van der Waals surface area contributed by atoms with Crippen LogP contribution in [0.25, 0.3) is 0 Å². The topological polar surface area (TPSA) is 158 Å². The lowest BCUT2D eigenvalue weighted by atomic mass is 9.83. The van der Waals surface area contributed by atoms with Crippen LogP contribution in [0.3, 0.4) is 0 Å². The zero-order valence-corrected chi connectivity index (χ0v) is 27.0. The molecular weight excluding hydrogens is 624 g/mol. The minimum atomic E-state index is -1.43. The van der Waals surface area contributed by atoms with Crippen LogP contribution in [0.2, 0.25) is 0 Å². The number of phenols is 1. The molecule has 0 saturated heterocycles. The standard InChI is InChI=1S/C38H40N4O7/c43-32-17-16-31(37-36(32)41-35(45)25-48-37)33(44)24-40-20-18-26-12-14-29(15-13-26)47-21-7-19-39-23-30-22-34(42-49-30)38(46,27-8-3-1-4-9-27)28-10-5-2-6-11-28/h1-6,8-17,22,33,39-40,43-44,46H,7,18-21,23-25H2,(H,41,45). The van der Waals surface area contributed by atoms with E-state index in [1.807, 2.05) is 84.9 Å². The minimum Gasteiger partial charge on any atom is -0.506 e. The Morgan fingerprint density at radius 1 is 0.918 bits per heavy atom. The number of fused-ring (bicyclic) bond motifs is 1. The van der Waals surface area contributed by atoms with E-state index in [-0.39, 0.29) is 30.5 Å². The van der Waals surface area contributed by atoms with Crippen molar-refractivity contribution in [3.05, 3.63) is 137 Å². The van der Waals surface area contributed by atoms with Gasteiger partial charge in [-0.15, -0.1) is 0 Å². The molecule has 0 saturated carbocycles. The maximum atomic E-state index is 11.9. The molecule has 0 spiro atoms. The molecule has 6 N–H and O–H groups in total. The van der Waals surface area contributed by atoms with Crippen LogP contribution < -0.4 is 25.4 Å². The van der Waals surface area contributed by atoms with Gasteiger partial charge in [0.05, 0.1) is 19.3 Å². The number of aromatic hydroxyl groups is 1. The summed E-state index contributed by atoms with van der Waals surface area (Å²) in [6.45, 7) is 2.49. The average Bonchev–Trinajstić information content (AvgIpc) is 3.62. The van der Waals surface area contributed by atoms with Crippen molar-refractivity contribution in [3.63, 3.8) is 0 Å². The van der Waals surface area contributed by atoms with Crippen molar-refractivity contribution in [2.45, 2.75) is 31.1 Å². The van der Waals surface area contributed by atoms with Crippen molar-refractivity contribution >= 4 is 11.6 Å². The van der Waals surface area contributed by atoms with Crippen molar-refractivity contribution in [2.24, 2.45) is 0 Å². The van der Waals surface area contributed by atoms with E-state index in [1.54, 1.807) is 12.1 Å². The fourth-order valence-corrected chi connectivity index (χ4v) is 5.76. The molecule has 1 amide bonds. The van der Waals surface area contributed by atoms with Crippen molar-refractivity contribution < 1.29 is 34.1 Å². The fraction of sp³-hybridized carbons (Fsp3) is 0.263. The van der Waals surface area contributed by atoms with Gasteiger partial charge in [0, 0.05) is 18.2 Å². The quantitative estimate of drug-likeness (QED) is 0.0659. The third-order valence-electron chi connectivity index (χ3n) is 8.37. The van der Waals surface area contributed by atoms with Crippen LogP contribution in [0, 0.1) is 0 Å². The number of hydrogen-bond acceptors (Lipinski definition) is 10. The van der Waals surface area contributed by atoms with Gasteiger partial charge in [0.2, 0.25) is 0 Å². The molecule has 1 aromatic heterocycles. The van der Waals surface area contributed by atoms with Crippen molar-refractivity contribution in [3.8, 4) is 17.2 Å². The molecule has 0 aliphatic carbocycles. The number of carbonyl (C=O) groups is 1. The summed E-state index contributed by atoms with van der Waals surface area (Å²) < 4.78 is 17.0. The number of phenolic OH excluding ortho intramolecular Hbond substituents is 1. The van der Waals surface area contributed by atoms with E-state index in [1.165, 1.54) is 6.07 Å². The zero-order chi connectivity index (χ0) is 34.1. The molecule has 11 nitrogen and oxygen atoms in total. The van der Waals surface area contributed by atoms with E-state index in [0.717, 1.165) is 24.2 Å². The molecule has 254 valence electrons. The van der Waals surface area contributed by atoms with Gasteiger partial charge >= 0.3 is 0 Å². The van der Waals surface area contributed by atoms with Gasteiger partial charge in [-0.1, -0.05) is 78.0 Å². The fourth-order valence-electron chi connectivity index (χ4n) is 5.76. The predicted molar refractivity (Wildman–Crippen MR) is 184 cm³/mol. The third-order valence-corrected chi connectivity index (χ3v) is 8.37. The number of anilines is 1. The van der Waals surface area contributed by atoms with Gasteiger partial charge in [0.25, 0.3) is 5.91 Å². The van der Waals surface area contributed by atoms with Gasteiger partial charge < -0.3 is 45.3 Å². The van der Waals surface area contributed by atoms with E-state index in [2.05, 4.69) is 21.1 Å². The van der Waals surface area contributed by atoms with E-state index in [4.69, 9.17) is 14.0 Å². The van der Waals surface area contributed by atoms with Crippen LogP contribution in [0.5, 0.6) is 17.2 Å². The lowest BCUT2D eigenvalue weighted by Gasteiger charge is -2.27. The summed E-state index contributed by atoms with van der Waals surface area (Å²) in [5.41, 5.74) is 2.24. The second-order valence-electron chi connectivity index (χ2n) is 11.8. The Hall–Kier alpha value is -5.20. The maximum absolute atomic E-state index is 11.9. The largest absolute Gasteiger partial charge is 0.506 e. The molecular formula is C38H40N4O7. The third kappa shape index (κ3) is 8.10. The zero-order valence-electron chi connectivity index (χ0n) is 27.0. The normalized spacial score (nSPS) is 13.3. The smallest absolute Gasteiger partial charge is 0.262 e. The Kier molecular flexibility index (Phi) is 10.9. The molecule has 11 heteroatoms. The number of nitrogens with one attached hydrogen (secondary N) is 3. The van der Waals surface area contributed by atoms with Crippen LogP contribution in [-0.2, 0) is 23.4 Å². The molecule has 6 rings (SSSR count). The Bertz CT molecular complexity index is 1770. The Morgan fingerprint density at radius 2 is 1.63 bits per heavy atom. The first kappa shape index (κ1) is 33.7. The molecule has 4 aromatic carbocycles. The summed E-state index contributed by atoms with van der Waals surface area (Å²) in [7, 11) is 0. The van der Waals surface area contributed by atoms with Crippen LogP contribution in [0.1, 0.15) is 46.2 Å². The molecule has 49 heavy (non-hydrogen) atoms. The highest BCUT2D eigenvalue weighted by Crippen LogP contribution is 2.41. The van der Waals surface area contributed by atoms with Gasteiger partial charge in [-0.25, -0.2) is 0 Å². The van der Waals surface area contributed by atoms with Gasteiger partial charge in [0.1, 0.15) is 22.9 Å². The summed E-state index contributed by atoms with van der Waals surface area (Å²) >= 11 is 0. The Labute approximate surface area is 284 Å². The minimum absolute atomic E-state index is 0.105. The number of amides is 1. The van der Waals surface area contributed by atoms with Crippen LogP contribution in [-0.4, -0.2) is 59.2 Å². The average molecular weight is 665 g/mol. The summed E-state index contributed by atoms with van der Waals surface area (Å²) in [5, 5.41) is 46.0. The van der Waals surface area contributed by atoms with Gasteiger partial charge in [-0.3, -0.25) is 4.79 Å². The molecule has 1 atom stereocenters. The lowest BCUT2D eigenvalue weighted by molar-refractivity contribution is -0.118. The monoisotopic (exact) mass is 664 g/mol. The number of carbonyl (C=O) groups excluding carboxylic acids is 1. The van der Waals surface area contributed by atoms with Crippen LogP contribution >= 0.6 is 0 Å². The molecule has 2 heterocycles. The summed E-state index contributed by atoms with van der Waals surface area (Å²) in [5.74, 6) is 1.25. The molecule has 0 bridgehead atoms. The number of hydrogen-bond donors (Lipinski definition) is 6. The molecule has 1 unspecified atom stereocenters. The number of aliphatic hydroxyl groups excluding tert-OH is 1. The molecule has 0 radical (unpaired) electrons. The lowest BCUT2D eigenvalue weighted by Crippen LogP contribution is -2.29. The maximum Gasteiger partial charge on any atom is 0.262 e. The highest BCUT2D eigenvalue weighted by Gasteiger charge is 2.37. The SMILES string of the molecule is O=C1COc2c(C(O)CNCCc3ccc(OCCCNCc4cc(C(O)(c5ccccc5)c5ccccc5)no4)cc3)ccc(O)c2N1. The van der Waals surface area contributed by atoms with Crippen LogP contribution in [0.15, 0.2) is 108 Å². The first-order valence-electron chi connectivity index (χ1n) is 16.3. The van der Waals surface area contributed by atoms with Crippen molar-refractivity contribution in [1.29, 1.82) is 0 Å². The van der Waals surface area contributed by atoms with E-state index in [0.29, 0.717) is 60.1 Å². The summed E-state index contributed by atoms with van der Waals surface area (Å²) in [4.78, 5) is 11.6. The molecule has 1 aliphatic heterocycles. The van der Waals surface area contributed by atoms with Gasteiger partial charge in [-0.2, -0.15) is 0 Å². The predicted octanol–water partition coefficient (Wildman–Crippen LogP) is 4.42. The number of aromatic nitrogens is 1. The highest BCUT2D eigenvalue weighted by atomic mass is 16.5. The van der Waals surface area contributed by atoms with Crippen LogP contribution in [0.4, 0.5) is 5.69 Å². The first-order chi connectivity index (χ1) is 23.9. The number of aliphatic hydroxyl groups is 2. The van der Waals surface area contributed by atoms with E-state index < -0.39 is 11.7 Å². The number of rotatable bonds is 16. The highest BCUT2D eigenvalue weighted by molar-refractivity contribution is 5.97. The van der Waals surface area contributed by atoms with E-state index in [9.17, 15) is 20.1 Å². The second-order valence-corrected chi connectivity index (χ2v) is 11.8. The molecule has 5 aromatic rings. The molecule has 1 aliphatic rings. The van der Waals surface area contributed by atoms with Crippen molar-refractivity contribution in [2.75, 3.05) is 38.2 Å². The van der Waals surface area contributed by atoms with E-state index >= 15 is 0 Å². The molecule has 0 fully saturated rings. The number of benzene rings is 4. The summed E-state index contributed by atoms with van der Waals surface area (Å²) in [6, 6.07) is 31.7. The second kappa shape index (κ2) is 15.8. The summed E-state index contributed by atoms with van der Waals surface area (Å²) in [6.07, 6.45) is 0.672. The van der Waals surface area contributed by atoms with Gasteiger partial charge in [-0.05, 0) is 66.9 Å².